The molecule has 10 heteroatoms. The molecule has 0 aromatic rings. The van der Waals surface area contributed by atoms with E-state index in [0.717, 1.165) is 6.08 Å². The van der Waals surface area contributed by atoms with Crippen molar-refractivity contribution in [2.24, 2.45) is 0 Å². The predicted octanol–water partition coefficient (Wildman–Crippen LogP) is -0.941. The van der Waals surface area contributed by atoms with Crippen LogP contribution in [0.2, 0.25) is 0 Å². The van der Waals surface area contributed by atoms with Gasteiger partial charge in [0.15, 0.2) is 5.25 Å². The Morgan fingerprint density at radius 3 is 1.59 bits per heavy atom. The van der Waals surface area contributed by atoms with Crippen molar-refractivity contribution in [3.05, 3.63) is 12.7 Å². The van der Waals surface area contributed by atoms with Crippen molar-refractivity contribution in [1.29, 1.82) is 0 Å². The van der Waals surface area contributed by atoms with Crippen LogP contribution in [0.4, 0.5) is 0 Å². The number of carbonyl (C=O) groups is 3. The van der Waals surface area contributed by atoms with Gasteiger partial charge in [0.25, 0.3) is 10.1 Å². The molecule has 0 amide bonds. The number of hydrogen-bond acceptors (Lipinski definition) is 5. The highest BCUT2D eigenvalue weighted by atomic mass is 32.2. The van der Waals surface area contributed by atoms with Gasteiger partial charge in [-0.15, -0.1) is 0 Å². The molecule has 0 spiro atoms. The second-order valence-corrected chi connectivity index (χ2v) is 4.08. The maximum atomic E-state index is 10.2. The van der Waals surface area contributed by atoms with Crippen molar-refractivity contribution in [3.63, 3.8) is 0 Å². The standard InChI is InChI=1S/C4H6O7S.C3H4O2/c5-3(6)1-2(4(7)8)12(9,10)11;1-2-3(4)5/h2H,1H2,(H,5,6)(H,7,8)(H,9,10,11);2H,1H2,(H,4,5). The second-order valence-electron chi connectivity index (χ2n) is 2.48. The van der Waals surface area contributed by atoms with Gasteiger partial charge in [0.2, 0.25) is 0 Å². The van der Waals surface area contributed by atoms with Crippen molar-refractivity contribution in [2.45, 2.75) is 11.7 Å². The third-order valence-electron chi connectivity index (χ3n) is 1.17. The maximum Gasteiger partial charge on any atom is 0.327 e. The van der Waals surface area contributed by atoms with Crippen LogP contribution in [0.5, 0.6) is 0 Å². The smallest absolute Gasteiger partial charge is 0.327 e. The zero-order valence-electron chi connectivity index (χ0n) is 8.31. The molecule has 0 saturated heterocycles. The van der Waals surface area contributed by atoms with E-state index in [-0.39, 0.29) is 0 Å². The van der Waals surface area contributed by atoms with Crippen LogP contribution in [0.25, 0.3) is 0 Å². The highest BCUT2D eigenvalue weighted by Crippen LogP contribution is 2.04. The van der Waals surface area contributed by atoms with Gasteiger partial charge >= 0.3 is 17.9 Å². The quantitative estimate of drug-likeness (QED) is 0.364. The molecule has 0 saturated carbocycles. The maximum absolute atomic E-state index is 10.2. The summed E-state index contributed by atoms with van der Waals surface area (Å²) in [6.07, 6.45) is -0.325. The van der Waals surface area contributed by atoms with Gasteiger partial charge in [-0.3, -0.25) is 14.1 Å². The van der Waals surface area contributed by atoms with E-state index in [1.54, 1.807) is 0 Å². The third kappa shape index (κ3) is 10.3. The van der Waals surface area contributed by atoms with Crippen molar-refractivity contribution < 1.29 is 42.7 Å². The first kappa shape index (κ1) is 17.5. The van der Waals surface area contributed by atoms with Crippen LogP contribution in [0.15, 0.2) is 12.7 Å². The van der Waals surface area contributed by atoms with E-state index in [2.05, 4.69) is 6.58 Å². The van der Waals surface area contributed by atoms with Crippen LogP contribution in [-0.2, 0) is 24.5 Å². The van der Waals surface area contributed by atoms with Crippen molar-refractivity contribution in [3.8, 4) is 0 Å². The summed E-state index contributed by atoms with van der Waals surface area (Å²) in [7, 11) is -4.84. The molecule has 4 N–H and O–H groups in total. The first-order chi connectivity index (χ1) is 7.52. The first-order valence-corrected chi connectivity index (χ1v) is 5.29. The topological polar surface area (TPSA) is 166 Å². The Hall–Kier alpha value is -1.94. The van der Waals surface area contributed by atoms with Gasteiger partial charge < -0.3 is 15.3 Å². The molecule has 0 bridgehead atoms. The Labute approximate surface area is 95.7 Å². The van der Waals surface area contributed by atoms with Gasteiger partial charge in [-0.05, 0) is 0 Å². The Bertz CT molecular complexity index is 407. The van der Waals surface area contributed by atoms with E-state index in [1.165, 1.54) is 0 Å². The molecule has 17 heavy (non-hydrogen) atoms. The Morgan fingerprint density at radius 2 is 1.53 bits per heavy atom. The summed E-state index contributed by atoms with van der Waals surface area (Å²) in [5.74, 6) is -4.48. The lowest BCUT2D eigenvalue weighted by atomic mass is 10.3. The third-order valence-corrected chi connectivity index (χ3v) is 2.26. The highest BCUT2D eigenvalue weighted by Gasteiger charge is 2.33. The largest absolute Gasteiger partial charge is 0.481 e. The monoisotopic (exact) mass is 270 g/mol. The van der Waals surface area contributed by atoms with E-state index in [4.69, 9.17) is 19.9 Å². The number of aliphatic carboxylic acids is 3. The second kappa shape index (κ2) is 7.35. The van der Waals surface area contributed by atoms with Gasteiger partial charge in [-0.2, -0.15) is 8.42 Å². The molecular formula is C7H10O9S. The van der Waals surface area contributed by atoms with Crippen molar-refractivity contribution in [1.82, 2.24) is 0 Å². The van der Waals surface area contributed by atoms with Crippen molar-refractivity contribution in [2.75, 3.05) is 0 Å². The van der Waals surface area contributed by atoms with Crippen molar-refractivity contribution >= 4 is 28.0 Å². The average Bonchev–Trinajstić information content (AvgIpc) is 2.12. The number of rotatable bonds is 5. The SMILES string of the molecule is C=CC(=O)O.O=C(O)CC(C(=O)O)S(=O)(=O)O. The molecule has 0 aliphatic carbocycles. The lowest BCUT2D eigenvalue weighted by molar-refractivity contribution is -0.143. The van der Waals surface area contributed by atoms with E-state index >= 15 is 0 Å². The molecule has 98 valence electrons. The van der Waals surface area contributed by atoms with Crippen LogP contribution in [0, 0.1) is 0 Å². The van der Waals surface area contributed by atoms with Crippen LogP contribution in [0.3, 0.4) is 0 Å². The lowest BCUT2D eigenvalue weighted by Gasteiger charge is -2.04. The minimum Gasteiger partial charge on any atom is -0.481 e. The van der Waals surface area contributed by atoms with Gasteiger partial charge in [-0.25, -0.2) is 4.79 Å². The molecule has 0 aromatic heterocycles. The first-order valence-electron chi connectivity index (χ1n) is 3.78. The fourth-order valence-electron chi connectivity index (χ4n) is 0.479. The van der Waals surface area contributed by atoms with Crippen LogP contribution in [-0.4, -0.2) is 51.4 Å². The Kier molecular flexibility index (Phi) is 7.55. The fourth-order valence-corrected chi connectivity index (χ4v) is 1.09. The molecule has 1 atom stereocenters. The summed E-state index contributed by atoms with van der Waals surface area (Å²) in [5.41, 5.74) is 0. The zero-order valence-corrected chi connectivity index (χ0v) is 9.12. The molecule has 0 fully saturated rings. The molecule has 0 aromatic carbocycles. The minimum atomic E-state index is -4.84. The number of hydrogen-bond donors (Lipinski definition) is 4. The molecule has 0 rings (SSSR count). The predicted molar refractivity (Wildman–Crippen MR) is 53.1 cm³/mol. The molecule has 9 nitrogen and oxygen atoms in total. The molecule has 0 aliphatic heterocycles. The normalized spacial score (nSPS) is 11.6. The van der Waals surface area contributed by atoms with E-state index < -0.39 is 39.7 Å². The van der Waals surface area contributed by atoms with Gasteiger partial charge in [0.05, 0.1) is 6.42 Å². The van der Waals surface area contributed by atoms with Gasteiger partial charge in [0.1, 0.15) is 0 Å². The average molecular weight is 270 g/mol. The molecular weight excluding hydrogens is 260 g/mol. The summed E-state index contributed by atoms with van der Waals surface area (Å²) >= 11 is 0. The molecule has 0 aliphatic rings. The molecule has 0 heterocycles. The fraction of sp³-hybridized carbons (Fsp3) is 0.286. The lowest BCUT2D eigenvalue weighted by Crippen LogP contribution is -2.31. The zero-order chi connectivity index (χ0) is 14.2. The molecule has 0 radical (unpaired) electrons. The molecule has 1 unspecified atom stereocenters. The van der Waals surface area contributed by atoms with Crippen LogP contribution < -0.4 is 0 Å². The van der Waals surface area contributed by atoms with E-state index in [0.29, 0.717) is 0 Å². The van der Waals surface area contributed by atoms with E-state index in [9.17, 15) is 22.8 Å². The number of carboxylic acid groups (broad SMARTS) is 3. The Morgan fingerprint density at radius 1 is 1.18 bits per heavy atom. The summed E-state index contributed by atoms with van der Waals surface area (Å²) in [5, 5.41) is 21.5. The van der Waals surface area contributed by atoms with Crippen LogP contribution in [0.1, 0.15) is 6.42 Å². The number of carboxylic acids is 3. The van der Waals surface area contributed by atoms with Gasteiger partial charge in [-0.1, -0.05) is 6.58 Å². The highest BCUT2D eigenvalue weighted by molar-refractivity contribution is 7.87. The summed E-state index contributed by atoms with van der Waals surface area (Å²) < 4.78 is 28.7. The van der Waals surface area contributed by atoms with E-state index in [1.807, 2.05) is 0 Å². The van der Waals surface area contributed by atoms with Gasteiger partial charge in [0, 0.05) is 6.08 Å². The Balaban J connectivity index is 0. The summed E-state index contributed by atoms with van der Waals surface area (Å²) in [6.45, 7) is 2.96. The minimum absolute atomic E-state index is 0.833. The summed E-state index contributed by atoms with van der Waals surface area (Å²) in [6, 6.07) is 0. The summed E-state index contributed by atoms with van der Waals surface area (Å²) in [4.78, 5) is 29.3. The van der Waals surface area contributed by atoms with Crippen LogP contribution >= 0.6 is 0 Å².